The minimum absolute atomic E-state index is 0.636. The van der Waals surface area contributed by atoms with E-state index >= 15 is 0 Å². The highest BCUT2D eigenvalue weighted by Crippen LogP contribution is 2.40. The van der Waals surface area contributed by atoms with Gasteiger partial charge in [0.25, 0.3) is 0 Å². The number of rotatable bonds is 6. The maximum absolute atomic E-state index is 5.15. The SMILES string of the molecule is c1ccc(-c2ccc(-c3nc(-c4ccccc4)nc(-c4ccc(-c5cccc6sc(-c7ccccc7)nc56)c5ccccc45)n3)cc2)cc1. The molecule has 230 valence electrons. The molecule has 0 amide bonds. The number of fused-ring (bicyclic) bond motifs is 2. The van der Waals surface area contributed by atoms with Crippen LogP contribution in [0.25, 0.3) is 88.0 Å². The third-order valence-corrected chi connectivity index (χ3v) is 9.88. The Morgan fingerprint density at radius 2 is 0.796 bits per heavy atom. The lowest BCUT2D eigenvalue weighted by molar-refractivity contribution is 1.08. The molecule has 49 heavy (non-hydrogen) atoms. The maximum atomic E-state index is 5.15. The summed E-state index contributed by atoms with van der Waals surface area (Å²) in [5, 5.41) is 3.22. The summed E-state index contributed by atoms with van der Waals surface area (Å²) in [5.41, 5.74) is 9.53. The van der Waals surface area contributed by atoms with Crippen LogP contribution in [0.1, 0.15) is 0 Å². The van der Waals surface area contributed by atoms with Crippen molar-refractivity contribution in [3.63, 3.8) is 0 Å². The number of para-hydroxylation sites is 1. The first-order valence-corrected chi connectivity index (χ1v) is 17.0. The molecule has 7 aromatic carbocycles. The van der Waals surface area contributed by atoms with E-state index in [9.17, 15) is 0 Å². The van der Waals surface area contributed by atoms with Crippen molar-refractivity contribution in [3.05, 3.63) is 170 Å². The summed E-state index contributed by atoms with van der Waals surface area (Å²) in [6.07, 6.45) is 0. The van der Waals surface area contributed by atoms with E-state index in [4.69, 9.17) is 19.9 Å². The average Bonchev–Trinajstić information content (AvgIpc) is 3.64. The van der Waals surface area contributed by atoms with Gasteiger partial charge >= 0.3 is 0 Å². The van der Waals surface area contributed by atoms with Crippen molar-refractivity contribution in [2.24, 2.45) is 0 Å². The van der Waals surface area contributed by atoms with Crippen molar-refractivity contribution in [3.8, 4) is 67.0 Å². The lowest BCUT2D eigenvalue weighted by Crippen LogP contribution is -2.00. The molecule has 0 radical (unpaired) electrons. The van der Waals surface area contributed by atoms with Gasteiger partial charge in [0.2, 0.25) is 0 Å². The van der Waals surface area contributed by atoms with Gasteiger partial charge in [0.1, 0.15) is 5.01 Å². The predicted molar refractivity (Wildman–Crippen MR) is 203 cm³/mol. The van der Waals surface area contributed by atoms with Crippen molar-refractivity contribution in [1.29, 1.82) is 0 Å². The summed E-state index contributed by atoms with van der Waals surface area (Å²) in [6.45, 7) is 0. The van der Waals surface area contributed by atoms with Gasteiger partial charge in [-0.05, 0) is 39.6 Å². The molecular formula is C44H28N4S. The second-order valence-corrected chi connectivity index (χ2v) is 12.9. The van der Waals surface area contributed by atoms with Crippen molar-refractivity contribution >= 4 is 32.3 Å². The highest BCUT2D eigenvalue weighted by molar-refractivity contribution is 7.21. The van der Waals surface area contributed by atoms with Gasteiger partial charge < -0.3 is 0 Å². The largest absolute Gasteiger partial charge is 0.235 e. The lowest BCUT2D eigenvalue weighted by Gasteiger charge is -2.13. The first kappa shape index (κ1) is 28.9. The monoisotopic (exact) mass is 644 g/mol. The molecule has 0 atom stereocenters. The number of aromatic nitrogens is 4. The molecule has 0 saturated carbocycles. The molecule has 0 aliphatic carbocycles. The normalized spacial score (nSPS) is 11.3. The third kappa shape index (κ3) is 5.46. The van der Waals surface area contributed by atoms with E-state index in [0.717, 1.165) is 64.9 Å². The smallest absolute Gasteiger partial charge is 0.164 e. The summed E-state index contributed by atoms with van der Waals surface area (Å²) in [6, 6.07) is 58.6. The fourth-order valence-corrected chi connectivity index (χ4v) is 7.38. The summed E-state index contributed by atoms with van der Waals surface area (Å²) < 4.78 is 1.16. The first-order valence-electron chi connectivity index (χ1n) is 16.2. The van der Waals surface area contributed by atoms with Gasteiger partial charge in [-0.15, -0.1) is 11.3 Å². The Morgan fingerprint density at radius 3 is 1.47 bits per heavy atom. The van der Waals surface area contributed by atoms with Gasteiger partial charge in [-0.2, -0.15) is 0 Å². The number of benzene rings is 7. The fraction of sp³-hybridized carbons (Fsp3) is 0. The summed E-state index contributed by atoms with van der Waals surface area (Å²) in [5.74, 6) is 1.91. The lowest BCUT2D eigenvalue weighted by atomic mass is 9.94. The van der Waals surface area contributed by atoms with Crippen LogP contribution in [-0.4, -0.2) is 19.9 Å². The highest BCUT2D eigenvalue weighted by Gasteiger charge is 2.18. The summed E-state index contributed by atoms with van der Waals surface area (Å²) >= 11 is 1.73. The minimum Gasteiger partial charge on any atom is -0.235 e. The van der Waals surface area contributed by atoms with Crippen LogP contribution in [-0.2, 0) is 0 Å². The van der Waals surface area contributed by atoms with Crippen LogP contribution in [0.15, 0.2) is 170 Å². The molecule has 0 aliphatic heterocycles. The van der Waals surface area contributed by atoms with Gasteiger partial charge in [-0.3, -0.25) is 0 Å². The van der Waals surface area contributed by atoms with Crippen molar-refractivity contribution in [2.75, 3.05) is 0 Å². The molecule has 4 nitrogen and oxygen atoms in total. The Bertz CT molecular complexity index is 2580. The van der Waals surface area contributed by atoms with Gasteiger partial charge in [-0.25, -0.2) is 19.9 Å². The Hall–Kier alpha value is -6.30. The maximum Gasteiger partial charge on any atom is 0.164 e. The van der Waals surface area contributed by atoms with E-state index < -0.39 is 0 Å². The summed E-state index contributed by atoms with van der Waals surface area (Å²) in [4.78, 5) is 20.3. The molecule has 0 saturated heterocycles. The van der Waals surface area contributed by atoms with Crippen molar-refractivity contribution < 1.29 is 0 Å². The molecule has 2 aromatic heterocycles. The third-order valence-electron chi connectivity index (χ3n) is 8.81. The van der Waals surface area contributed by atoms with E-state index in [1.165, 1.54) is 5.56 Å². The molecule has 0 unspecified atom stereocenters. The molecule has 0 N–H and O–H groups in total. The number of hydrogen-bond acceptors (Lipinski definition) is 5. The van der Waals surface area contributed by atoms with E-state index in [1.54, 1.807) is 11.3 Å². The highest BCUT2D eigenvalue weighted by atomic mass is 32.1. The van der Waals surface area contributed by atoms with E-state index in [0.29, 0.717) is 17.5 Å². The Balaban J connectivity index is 1.19. The van der Waals surface area contributed by atoms with Gasteiger partial charge in [0, 0.05) is 27.8 Å². The number of hydrogen-bond donors (Lipinski definition) is 0. The van der Waals surface area contributed by atoms with Crippen LogP contribution in [0.5, 0.6) is 0 Å². The van der Waals surface area contributed by atoms with E-state index in [2.05, 4.69) is 127 Å². The van der Waals surface area contributed by atoms with Crippen molar-refractivity contribution in [1.82, 2.24) is 19.9 Å². The standard InChI is InChI=1S/C44H28N4S/c1-4-13-29(14-5-1)30-23-25-32(26-24-30)42-46-41(31-15-6-2-7-16-31)47-43(48-42)38-28-27-36(34-19-10-11-20-35(34)38)37-21-12-22-39-40(37)45-44(49-39)33-17-8-3-9-18-33/h1-28H. The van der Waals surface area contributed by atoms with Gasteiger partial charge in [0.05, 0.1) is 10.2 Å². The van der Waals surface area contributed by atoms with Crippen molar-refractivity contribution in [2.45, 2.75) is 0 Å². The fourth-order valence-electron chi connectivity index (χ4n) is 6.38. The Morgan fingerprint density at radius 1 is 0.306 bits per heavy atom. The molecule has 5 heteroatoms. The quantitative estimate of drug-likeness (QED) is 0.181. The van der Waals surface area contributed by atoms with Gasteiger partial charge in [0.15, 0.2) is 17.5 Å². The second kappa shape index (κ2) is 12.4. The van der Waals surface area contributed by atoms with Crippen LogP contribution in [0, 0.1) is 0 Å². The van der Waals surface area contributed by atoms with Gasteiger partial charge in [-0.1, -0.05) is 158 Å². The molecule has 2 heterocycles. The van der Waals surface area contributed by atoms with E-state index in [1.807, 2.05) is 42.5 Å². The molecule has 9 rings (SSSR count). The predicted octanol–water partition coefficient (Wildman–Crippen LogP) is 11.6. The Kier molecular flexibility index (Phi) is 7.30. The zero-order chi connectivity index (χ0) is 32.6. The van der Waals surface area contributed by atoms with Crippen LogP contribution in [0.3, 0.4) is 0 Å². The van der Waals surface area contributed by atoms with Crippen LogP contribution >= 0.6 is 11.3 Å². The molecule has 9 aromatic rings. The zero-order valence-electron chi connectivity index (χ0n) is 26.4. The average molecular weight is 645 g/mol. The molecule has 0 bridgehead atoms. The molecular weight excluding hydrogens is 617 g/mol. The topological polar surface area (TPSA) is 51.6 Å². The van der Waals surface area contributed by atoms with Crippen LogP contribution < -0.4 is 0 Å². The van der Waals surface area contributed by atoms with E-state index in [-0.39, 0.29) is 0 Å². The Labute approximate surface area is 288 Å². The molecule has 0 fully saturated rings. The number of nitrogens with zero attached hydrogens (tertiary/aromatic N) is 4. The minimum atomic E-state index is 0.636. The number of thiazole rings is 1. The van der Waals surface area contributed by atoms with Crippen LogP contribution in [0.4, 0.5) is 0 Å². The van der Waals surface area contributed by atoms with Crippen LogP contribution in [0.2, 0.25) is 0 Å². The summed E-state index contributed by atoms with van der Waals surface area (Å²) in [7, 11) is 0. The molecule has 0 spiro atoms. The first-order chi connectivity index (χ1) is 24.3. The second-order valence-electron chi connectivity index (χ2n) is 11.9. The molecule has 0 aliphatic rings. The zero-order valence-corrected chi connectivity index (χ0v) is 27.2.